The zero-order chi connectivity index (χ0) is 11.7. The van der Waals surface area contributed by atoms with Gasteiger partial charge in [-0.15, -0.1) is 0 Å². The van der Waals surface area contributed by atoms with E-state index in [2.05, 4.69) is 14.9 Å². The van der Waals surface area contributed by atoms with Crippen molar-refractivity contribution in [2.24, 2.45) is 5.73 Å². The van der Waals surface area contributed by atoms with Crippen LogP contribution in [0.2, 0.25) is 0 Å². The van der Waals surface area contributed by atoms with Gasteiger partial charge in [-0.3, -0.25) is 5.10 Å². The van der Waals surface area contributed by atoms with Gasteiger partial charge in [0.25, 0.3) is 10.0 Å². The van der Waals surface area contributed by atoms with E-state index in [0.29, 0.717) is 0 Å². The highest BCUT2D eigenvalue weighted by Gasteiger charge is 2.30. The van der Waals surface area contributed by atoms with Crippen molar-refractivity contribution in [1.29, 1.82) is 0 Å². The van der Waals surface area contributed by atoms with Crippen molar-refractivity contribution < 1.29 is 8.42 Å². The highest BCUT2D eigenvalue weighted by Crippen LogP contribution is 2.12. The number of nitrogens with one attached hydrogen (secondary N) is 2. The van der Waals surface area contributed by atoms with Crippen molar-refractivity contribution in [2.45, 2.75) is 37.4 Å². The first-order valence-corrected chi connectivity index (χ1v) is 6.03. The maximum Gasteiger partial charge on any atom is 0.258 e. The lowest BCUT2D eigenvalue weighted by molar-refractivity contribution is 0.387. The number of aromatic nitrogens is 2. The average molecular weight is 232 g/mol. The molecule has 0 aliphatic carbocycles. The van der Waals surface area contributed by atoms with Gasteiger partial charge in [0.2, 0.25) is 0 Å². The van der Waals surface area contributed by atoms with Crippen LogP contribution in [0.1, 0.15) is 20.8 Å². The highest BCUT2D eigenvalue weighted by molar-refractivity contribution is 7.89. The van der Waals surface area contributed by atoms with Crippen LogP contribution in [0, 0.1) is 0 Å². The predicted octanol–water partition coefficient (Wildman–Crippen LogP) is -0.186. The van der Waals surface area contributed by atoms with Gasteiger partial charge in [0.1, 0.15) is 0 Å². The van der Waals surface area contributed by atoms with E-state index >= 15 is 0 Å². The quantitative estimate of drug-likeness (QED) is 0.670. The first kappa shape index (κ1) is 12.2. The molecule has 0 spiro atoms. The Morgan fingerprint density at radius 2 is 2.20 bits per heavy atom. The molecule has 1 aromatic heterocycles. The molecular weight excluding hydrogens is 216 g/mol. The largest absolute Gasteiger partial charge is 0.326 e. The van der Waals surface area contributed by atoms with Crippen LogP contribution in [0.3, 0.4) is 0 Å². The van der Waals surface area contributed by atoms with Gasteiger partial charge < -0.3 is 5.73 Å². The molecule has 0 amide bonds. The first-order chi connectivity index (χ1) is 6.76. The lowest BCUT2D eigenvalue weighted by Crippen LogP contribution is -2.54. The molecule has 1 atom stereocenters. The van der Waals surface area contributed by atoms with Gasteiger partial charge in [-0.25, -0.2) is 13.1 Å². The summed E-state index contributed by atoms with van der Waals surface area (Å²) in [6.07, 6.45) is 1.38. The molecule has 0 radical (unpaired) electrons. The maximum absolute atomic E-state index is 11.8. The molecule has 0 aliphatic heterocycles. The summed E-state index contributed by atoms with van der Waals surface area (Å²) in [7, 11) is -3.57. The van der Waals surface area contributed by atoms with Crippen LogP contribution in [0.4, 0.5) is 0 Å². The predicted molar refractivity (Wildman–Crippen MR) is 56.6 cm³/mol. The Kier molecular flexibility index (Phi) is 3.17. The number of rotatable bonds is 4. The molecular formula is C8H16N4O2S. The van der Waals surface area contributed by atoms with Gasteiger partial charge in [-0.2, -0.15) is 5.10 Å². The van der Waals surface area contributed by atoms with Gasteiger partial charge >= 0.3 is 0 Å². The summed E-state index contributed by atoms with van der Waals surface area (Å²) in [5.41, 5.74) is 4.97. The van der Waals surface area contributed by atoms with E-state index < -0.39 is 15.6 Å². The van der Waals surface area contributed by atoms with E-state index in [1.807, 2.05) is 0 Å². The Bertz CT molecular complexity index is 408. The monoisotopic (exact) mass is 232 g/mol. The van der Waals surface area contributed by atoms with Gasteiger partial charge in [-0.05, 0) is 26.8 Å². The summed E-state index contributed by atoms with van der Waals surface area (Å²) in [4.78, 5) is 0. The molecule has 15 heavy (non-hydrogen) atoms. The second kappa shape index (κ2) is 3.92. The van der Waals surface area contributed by atoms with Crippen molar-refractivity contribution in [1.82, 2.24) is 14.9 Å². The third kappa shape index (κ3) is 2.77. The molecule has 0 bridgehead atoms. The van der Waals surface area contributed by atoms with E-state index in [1.54, 1.807) is 20.8 Å². The van der Waals surface area contributed by atoms with E-state index in [-0.39, 0.29) is 11.1 Å². The minimum atomic E-state index is -3.57. The molecule has 0 aliphatic rings. The number of nitrogens with two attached hydrogens (primary N) is 1. The number of aromatic amines is 1. The standard InChI is InChI=1S/C8H16N4O2S/c1-6(9)8(2,3)12-15(13,14)7-4-5-10-11-7/h4-6,12H,9H2,1-3H3,(H,10,11). The third-order valence-corrected chi connectivity index (χ3v) is 3.90. The minimum Gasteiger partial charge on any atom is -0.326 e. The Morgan fingerprint density at radius 1 is 1.60 bits per heavy atom. The molecule has 4 N–H and O–H groups in total. The maximum atomic E-state index is 11.8. The van der Waals surface area contributed by atoms with Crippen LogP contribution < -0.4 is 10.5 Å². The molecule has 0 saturated carbocycles. The fourth-order valence-corrected chi connectivity index (χ4v) is 2.29. The molecule has 1 rings (SSSR count). The topological polar surface area (TPSA) is 101 Å². The Morgan fingerprint density at radius 3 is 2.60 bits per heavy atom. The normalized spacial score (nSPS) is 15.2. The first-order valence-electron chi connectivity index (χ1n) is 4.54. The number of hydrogen-bond donors (Lipinski definition) is 3. The second-order valence-corrected chi connectivity index (χ2v) is 5.69. The molecule has 0 aromatic carbocycles. The van der Waals surface area contributed by atoms with Crippen molar-refractivity contribution in [2.75, 3.05) is 0 Å². The summed E-state index contributed by atoms with van der Waals surface area (Å²) in [5.74, 6) is 0. The second-order valence-electron chi connectivity index (χ2n) is 4.04. The third-order valence-electron chi connectivity index (χ3n) is 2.30. The SMILES string of the molecule is CC(N)C(C)(C)NS(=O)(=O)c1ccn[nH]1. The van der Waals surface area contributed by atoms with E-state index in [1.165, 1.54) is 12.3 Å². The van der Waals surface area contributed by atoms with E-state index in [4.69, 9.17) is 5.73 Å². The lowest BCUT2D eigenvalue weighted by Gasteiger charge is -2.29. The Balaban J connectivity index is 2.92. The van der Waals surface area contributed by atoms with Gasteiger partial charge in [0.05, 0.1) is 6.20 Å². The molecule has 86 valence electrons. The minimum absolute atomic E-state index is 0.0382. The van der Waals surface area contributed by atoms with Crippen LogP contribution in [-0.4, -0.2) is 30.2 Å². The lowest BCUT2D eigenvalue weighted by atomic mass is 9.99. The fraction of sp³-hybridized carbons (Fsp3) is 0.625. The molecule has 6 nitrogen and oxygen atoms in total. The average Bonchev–Trinajstić information content (AvgIpc) is 2.53. The van der Waals surface area contributed by atoms with Gasteiger partial charge in [0.15, 0.2) is 5.03 Å². The van der Waals surface area contributed by atoms with Crippen LogP contribution in [-0.2, 0) is 10.0 Å². The van der Waals surface area contributed by atoms with Crippen molar-refractivity contribution in [3.8, 4) is 0 Å². The summed E-state index contributed by atoms with van der Waals surface area (Å²) < 4.78 is 26.1. The summed E-state index contributed by atoms with van der Waals surface area (Å²) >= 11 is 0. The molecule has 1 heterocycles. The van der Waals surface area contributed by atoms with Crippen LogP contribution in [0.25, 0.3) is 0 Å². The molecule has 7 heteroatoms. The van der Waals surface area contributed by atoms with Gasteiger partial charge in [-0.1, -0.05) is 0 Å². The van der Waals surface area contributed by atoms with E-state index in [0.717, 1.165) is 0 Å². The van der Waals surface area contributed by atoms with Crippen LogP contribution in [0.15, 0.2) is 17.3 Å². The zero-order valence-corrected chi connectivity index (χ0v) is 9.80. The Labute approximate surface area is 89.3 Å². The number of H-pyrrole nitrogens is 1. The smallest absolute Gasteiger partial charge is 0.258 e. The van der Waals surface area contributed by atoms with Gasteiger partial charge in [0, 0.05) is 11.6 Å². The molecule has 0 fully saturated rings. The van der Waals surface area contributed by atoms with Crippen molar-refractivity contribution in [3.05, 3.63) is 12.3 Å². The number of sulfonamides is 1. The van der Waals surface area contributed by atoms with E-state index in [9.17, 15) is 8.42 Å². The summed E-state index contributed by atoms with van der Waals surface area (Å²) in [6.45, 7) is 5.20. The van der Waals surface area contributed by atoms with Crippen molar-refractivity contribution in [3.63, 3.8) is 0 Å². The molecule has 1 unspecified atom stereocenters. The zero-order valence-electron chi connectivity index (χ0n) is 8.98. The highest BCUT2D eigenvalue weighted by atomic mass is 32.2. The Hall–Kier alpha value is -0.920. The molecule has 1 aromatic rings. The summed E-state index contributed by atoms with van der Waals surface area (Å²) in [5, 5.41) is 6.02. The fourth-order valence-electron chi connectivity index (χ4n) is 0.887. The number of hydrogen-bond acceptors (Lipinski definition) is 4. The molecule has 0 saturated heterocycles. The summed E-state index contributed by atoms with van der Waals surface area (Å²) in [6, 6.07) is 1.09. The number of nitrogens with zero attached hydrogens (tertiary/aromatic N) is 1. The van der Waals surface area contributed by atoms with Crippen LogP contribution in [0.5, 0.6) is 0 Å². The van der Waals surface area contributed by atoms with Crippen molar-refractivity contribution >= 4 is 10.0 Å². The van der Waals surface area contributed by atoms with Crippen LogP contribution >= 0.6 is 0 Å².